The van der Waals surface area contributed by atoms with E-state index >= 15 is 0 Å². The van der Waals surface area contributed by atoms with Crippen LogP contribution in [0, 0.1) is 0 Å². The number of aliphatic hydroxyl groups excluding tert-OH is 1. The molecule has 0 fully saturated rings. The lowest BCUT2D eigenvalue weighted by molar-refractivity contribution is 0.0945. The fraction of sp³-hybridized carbons (Fsp3) is 0.176. The Morgan fingerprint density at radius 1 is 1.24 bits per heavy atom. The molecule has 7 nitrogen and oxygen atoms in total. The maximum absolute atomic E-state index is 12.6. The predicted molar refractivity (Wildman–Crippen MR) is 90.8 cm³/mol. The zero-order valence-corrected chi connectivity index (χ0v) is 13.8. The summed E-state index contributed by atoms with van der Waals surface area (Å²) in [6.45, 7) is 0.166. The Hall–Kier alpha value is -2.84. The normalized spacial score (nSPS) is 12.4. The van der Waals surface area contributed by atoms with Crippen molar-refractivity contribution < 1.29 is 23.9 Å². The van der Waals surface area contributed by atoms with Gasteiger partial charge in [0.15, 0.2) is 17.3 Å². The van der Waals surface area contributed by atoms with Crippen molar-refractivity contribution in [2.45, 2.75) is 0 Å². The minimum atomic E-state index is -0.357. The van der Waals surface area contributed by atoms with Gasteiger partial charge < -0.3 is 24.4 Å². The predicted octanol–water partition coefficient (Wildman–Crippen LogP) is 2.52. The van der Waals surface area contributed by atoms with Gasteiger partial charge in [0.05, 0.1) is 6.61 Å². The van der Waals surface area contributed by atoms with Crippen molar-refractivity contribution in [2.75, 3.05) is 19.9 Å². The zero-order chi connectivity index (χ0) is 17.2. The molecule has 128 valence electrons. The Labute approximate surface area is 146 Å². The third-order valence-corrected chi connectivity index (χ3v) is 4.43. The molecule has 3 heterocycles. The number of nitrogens with one attached hydrogen (secondary N) is 1. The van der Waals surface area contributed by atoms with Crippen molar-refractivity contribution in [1.82, 2.24) is 10.5 Å². The standard InChI is InChI=1S/C17H14N2O5S/c20-5-4-18-17(21)14-15(19-24-16(14)11-3-6-25-8-11)10-1-2-12-13(7-10)23-9-22-12/h1-3,6-8,20H,4-5,9H2,(H,18,21). The van der Waals surface area contributed by atoms with Crippen LogP contribution in [0.5, 0.6) is 11.5 Å². The summed E-state index contributed by atoms with van der Waals surface area (Å²) in [5.74, 6) is 1.28. The summed E-state index contributed by atoms with van der Waals surface area (Å²) in [4.78, 5) is 12.6. The first-order valence-corrected chi connectivity index (χ1v) is 8.53. The van der Waals surface area contributed by atoms with Crippen LogP contribution in [-0.2, 0) is 0 Å². The number of aromatic nitrogens is 1. The maximum Gasteiger partial charge on any atom is 0.257 e. The molecular formula is C17H14N2O5S. The number of fused-ring (bicyclic) bond motifs is 1. The summed E-state index contributed by atoms with van der Waals surface area (Å²) >= 11 is 1.50. The minimum absolute atomic E-state index is 0.146. The summed E-state index contributed by atoms with van der Waals surface area (Å²) in [6.07, 6.45) is 0. The molecular weight excluding hydrogens is 344 g/mol. The summed E-state index contributed by atoms with van der Waals surface area (Å²) in [5, 5.41) is 19.5. The lowest BCUT2D eigenvalue weighted by Crippen LogP contribution is -2.26. The molecule has 25 heavy (non-hydrogen) atoms. The molecule has 0 bridgehead atoms. The highest BCUT2D eigenvalue weighted by Gasteiger charge is 2.26. The molecule has 2 aromatic heterocycles. The average Bonchev–Trinajstić information content (AvgIpc) is 3.38. The highest BCUT2D eigenvalue weighted by Crippen LogP contribution is 2.39. The first-order valence-electron chi connectivity index (χ1n) is 7.59. The van der Waals surface area contributed by atoms with Crippen molar-refractivity contribution in [1.29, 1.82) is 0 Å². The Morgan fingerprint density at radius 2 is 2.12 bits per heavy atom. The molecule has 0 saturated heterocycles. The third kappa shape index (κ3) is 2.86. The van der Waals surface area contributed by atoms with Crippen molar-refractivity contribution in [3.63, 3.8) is 0 Å². The summed E-state index contributed by atoms with van der Waals surface area (Å²) in [6, 6.07) is 7.19. The molecule has 2 N–H and O–H groups in total. The second-order valence-corrected chi connectivity index (χ2v) is 6.07. The van der Waals surface area contributed by atoms with E-state index in [1.165, 1.54) is 11.3 Å². The highest BCUT2D eigenvalue weighted by molar-refractivity contribution is 7.08. The van der Waals surface area contributed by atoms with Gasteiger partial charge in [0.25, 0.3) is 5.91 Å². The van der Waals surface area contributed by atoms with Crippen LogP contribution in [0.3, 0.4) is 0 Å². The second kappa shape index (κ2) is 6.58. The van der Waals surface area contributed by atoms with E-state index in [2.05, 4.69) is 10.5 Å². The number of amides is 1. The number of ether oxygens (including phenoxy) is 2. The number of aliphatic hydroxyl groups is 1. The van der Waals surface area contributed by atoms with Gasteiger partial charge >= 0.3 is 0 Å². The van der Waals surface area contributed by atoms with Crippen LogP contribution in [0.4, 0.5) is 0 Å². The van der Waals surface area contributed by atoms with Crippen LogP contribution < -0.4 is 14.8 Å². The average molecular weight is 358 g/mol. The lowest BCUT2D eigenvalue weighted by Gasteiger charge is -2.05. The van der Waals surface area contributed by atoms with E-state index in [0.29, 0.717) is 34.1 Å². The van der Waals surface area contributed by atoms with Gasteiger partial charge in [-0.1, -0.05) is 5.16 Å². The molecule has 0 saturated carbocycles. The van der Waals surface area contributed by atoms with E-state index in [9.17, 15) is 4.79 Å². The van der Waals surface area contributed by atoms with Crippen LogP contribution in [0.2, 0.25) is 0 Å². The Balaban J connectivity index is 1.81. The van der Waals surface area contributed by atoms with Crippen LogP contribution in [0.25, 0.3) is 22.6 Å². The molecule has 0 spiro atoms. The van der Waals surface area contributed by atoms with Gasteiger partial charge in [-0.15, -0.1) is 0 Å². The van der Waals surface area contributed by atoms with E-state index in [1.807, 2.05) is 16.8 Å². The van der Waals surface area contributed by atoms with E-state index in [1.54, 1.807) is 18.2 Å². The highest BCUT2D eigenvalue weighted by atomic mass is 32.1. The van der Waals surface area contributed by atoms with Crippen LogP contribution >= 0.6 is 11.3 Å². The molecule has 0 radical (unpaired) electrons. The van der Waals surface area contributed by atoms with Gasteiger partial charge in [-0.3, -0.25) is 4.79 Å². The van der Waals surface area contributed by atoms with Crippen LogP contribution in [-0.4, -0.2) is 36.1 Å². The topological polar surface area (TPSA) is 93.8 Å². The number of hydrogen-bond donors (Lipinski definition) is 2. The smallest absolute Gasteiger partial charge is 0.257 e. The third-order valence-electron chi connectivity index (χ3n) is 3.75. The number of nitrogens with zero attached hydrogens (tertiary/aromatic N) is 1. The number of carbonyl (C=O) groups excluding carboxylic acids is 1. The number of hydrogen-bond acceptors (Lipinski definition) is 7. The van der Waals surface area contributed by atoms with Crippen molar-refractivity contribution >= 4 is 17.2 Å². The summed E-state index contributed by atoms with van der Waals surface area (Å²) < 4.78 is 16.2. The van der Waals surface area contributed by atoms with E-state index < -0.39 is 0 Å². The van der Waals surface area contributed by atoms with E-state index in [4.69, 9.17) is 19.1 Å². The molecule has 1 aliphatic heterocycles. The zero-order valence-electron chi connectivity index (χ0n) is 13.0. The number of thiophene rings is 1. The first kappa shape index (κ1) is 15.7. The fourth-order valence-corrected chi connectivity index (χ4v) is 3.23. The van der Waals surface area contributed by atoms with Crippen molar-refractivity contribution in [3.8, 4) is 34.1 Å². The largest absolute Gasteiger partial charge is 0.454 e. The van der Waals surface area contributed by atoms with Gasteiger partial charge in [-0.05, 0) is 29.6 Å². The molecule has 0 aliphatic carbocycles. The fourth-order valence-electron chi connectivity index (χ4n) is 2.59. The SMILES string of the molecule is O=C(NCCO)c1c(-c2ccc3c(c2)OCO3)noc1-c1ccsc1. The van der Waals surface area contributed by atoms with Gasteiger partial charge in [0.2, 0.25) is 6.79 Å². The molecule has 3 aromatic rings. The molecule has 4 rings (SSSR count). The van der Waals surface area contributed by atoms with Crippen molar-refractivity contribution in [3.05, 3.63) is 40.6 Å². The first-order chi connectivity index (χ1) is 12.3. The Morgan fingerprint density at radius 3 is 2.92 bits per heavy atom. The van der Waals surface area contributed by atoms with Gasteiger partial charge in [-0.2, -0.15) is 11.3 Å². The molecule has 1 aliphatic rings. The lowest BCUT2D eigenvalue weighted by atomic mass is 10.0. The quantitative estimate of drug-likeness (QED) is 0.728. The molecule has 1 amide bonds. The summed E-state index contributed by atoms with van der Waals surface area (Å²) in [5.41, 5.74) is 2.20. The monoisotopic (exact) mass is 358 g/mol. The van der Waals surface area contributed by atoms with Gasteiger partial charge in [0.1, 0.15) is 11.3 Å². The number of carbonyl (C=O) groups is 1. The Kier molecular flexibility index (Phi) is 4.12. The number of benzene rings is 1. The summed E-state index contributed by atoms with van der Waals surface area (Å²) in [7, 11) is 0. The molecule has 0 atom stereocenters. The van der Waals surface area contributed by atoms with Gasteiger partial charge in [-0.25, -0.2) is 0 Å². The van der Waals surface area contributed by atoms with E-state index in [-0.39, 0.29) is 25.9 Å². The molecule has 8 heteroatoms. The number of rotatable bonds is 5. The molecule has 1 aromatic carbocycles. The maximum atomic E-state index is 12.6. The molecule has 0 unspecified atom stereocenters. The minimum Gasteiger partial charge on any atom is -0.454 e. The van der Waals surface area contributed by atoms with Crippen molar-refractivity contribution in [2.24, 2.45) is 0 Å². The Bertz CT molecular complexity index is 904. The van der Waals surface area contributed by atoms with Crippen LogP contribution in [0.15, 0.2) is 39.5 Å². The van der Waals surface area contributed by atoms with Crippen LogP contribution in [0.1, 0.15) is 10.4 Å². The van der Waals surface area contributed by atoms with E-state index in [0.717, 1.165) is 5.56 Å². The van der Waals surface area contributed by atoms with Gasteiger partial charge in [0, 0.05) is 23.1 Å². The second-order valence-electron chi connectivity index (χ2n) is 5.29.